The number of hydrogen-bond acceptors (Lipinski definition) is 4. The molecule has 14 heavy (non-hydrogen) atoms. The van der Waals surface area contributed by atoms with E-state index in [0.717, 1.165) is 0 Å². The highest BCUT2D eigenvalue weighted by Gasteiger charge is 2.07. The summed E-state index contributed by atoms with van der Waals surface area (Å²) >= 11 is 5.75. The van der Waals surface area contributed by atoms with E-state index in [2.05, 4.69) is 14.7 Å². The molecule has 0 aliphatic rings. The molecule has 0 amide bonds. The summed E-state index contributed by atoms with van der Waals surface area (Å²) in [7, 11) is 1.34. The van der Waals surface area contributed by atoms with Crippen LogP contribution < -0.4 is 0 Å². The molecule has 0 fully saturated rings. The van der Waals surface area contributed by atoms with E-state index in [0.29, 0.717) is 23.1 Å². The van der Waals surface area contributed by atoms with E-state index in [4.69, 9.17) is 11.6 Å². The lowest BCUT2D eigenvalue weighted by molar-refractivity contribution is -0.139. The van der Waals surface area contributed by atoms with Crippen LogP contribution in [0.25, 0.3) is 0 Å². The Bertz CT molecular complexity index is 342. The SMILES string of the molecule is CCc1nc(Cl)cc(CC(=O)OC)n1. The van der Waals surface area contributed by atoms with Gasteiger partial charge in [0, 0.05) is 6.42 Å². The van der Waals surface area contributed by atoms with Gasteiger partial charge >= 0.3 is 5.97 Å². The van der Waals surface area contributed by atoms with Crippen molar-refractivity contribution in [3.63, 3.8) is 0 Å². The fourth-order valence-corrected chi connectivity index (χ4v) is 1.21. The molecule has 1 rings (SSSR count). The van der Waals surface area contributed by atoms with E-state index in [9.17, 15) is 4.79 Å². The minimum absolute atomic E-state index is 0.131. The van der Waals surface area contributed by atoms with Crippen LogP contribution in [0.3, 0.4) is 0 Å². The number of rotatable bonds is 3. The van der Waals surface area contributed by atoms with Crippen molar-refractivity contribution in [1.29, 1.82) is 0 Å². The molecular formula is C9H11ClN2O2. The van der Waals surface area contributed by atoms with Crippen LogP contribution in [0.4, 0.5) is 0 Å². The molecule has 4 nitrogen and oxygen atoms in total. The number of esters is 1. The fourth-order valence-electron chi connectivity index (χ4n) is 0.985. The lowest BCUT2D eigenvalue weighted by Gasteiger charge is -2.02. The van der Waals surface area contributed by atoms with Crippen LogP contribution in [-0.2, 0) is 22.4 Å². The molecule has 1 aromatic heterocycles. The van der Waals surface area contributed by atoms with Crippen molar-refractivity contribution in [3.05, 3.63) is 22.7 Å². The highest BCUT2D eigenvalue weighted by atomic mass is 35.5. The first-order chi connectivity index (χ1) is 6.65. The Morgan fingerprint density at radius 2 is 2.29 bits per heavy atom. The lowest BCUT2D eigenvalue weighted by atomic mass is 10.3. The predicted octanol–water partition coefficient (Wildman–Crippen LogP) is 1.41. The van der Waals surface area contributed by atoms with Crippen LogP contribution >= 0.6 is 11.6 Å². The molecule has 0 aliphatic carbocycles. The maximum absolute atomic E-state index is 11.0. The first kappa shape index (κ1) is 10.9. The first-order valence-electron chi connectivity index (χ1n) is 4.25. The van der Waals surface area contributed by atoms with Crippen molar-refractivity contribution in [2.24, 2.45) is 0 Å². The molecule has 1 heterocycles. The average Bonchev–Trinajstić information content (AvgIpc) is 2.16. The summed E-state index contributed by atoms with van der Waals surface area (Å²) < 4.78 is 4.53. The number of carbonyl (C=O) groups excluding carboxylic acids is 1. The third-order valence-electron chi connectivity index (χ3n) is 1.66. The number of halogens is 1. The van der Waals surface area contributed by atoms with E-state index >= 15 is 0 Å². The molecule has 0 radical (unpaired) electrons. The van der Waals surface area contributed by atoms with Gasteiger partial charge in [-0.25, -0.2) is 9.97 Å². The monoisotopic (exact) mass is 214 g/mol. The van der Waals surface area contributed by atoms with Gasteiger partial charge in [0.2, 0.25) is 0 Å². The van der Waals surface area contributed by atoms with Crippen LogP contribution in [0.2, 0.25) is 5.15 Å². The van der Waals surface area contributed by atoms with Gasteiger partial charge in [-0.05, 0) is 6.07 Å². The molecule has 0 saturated carbocycles. The summed E-state index contributed by atoms with van der Waals surface area (Å²) in [6, 6.07) is 1.57. The Labute approximate surface area is 87.3 Å². The fraction of sp³-hybridized carbons (Fsp3) is 0.444. The minimum Gasteiger partial charge on any atom is -0.469 e. The maximum atomic E-state index is 11.0. The van der Waals surface area contributed by atoms with Crippen molar-refractivity contribution in [2.45, 2.75) is 19.8 Å². The van der Waals surface area contributed by atoms with E-state index < -0.39 is 0 Å². The Morgan fingerprint density at radius 3 is 2.86 bits per heavy atom. The summed E-state index contributed by atoms with van der Waals surface area (Å²) in [6.07, 6.45) is 0.820. The van der Waals surface area contributed by atoms with Crippen molar-refractivity contribution in [1.82, 2.24) is 9.97 Å². The van der Waals surface area contributed by atoms with E-state index in [1.165, 1.54) is 7.11 Å². The standard InChI is InChI=1S/C9H11ClN2O2/c1-3-8-11-6(4-7(10)12-8)5-9(13)14-2/h4H,3,5H2,1-2H3. The predicted molar refractivity (Wildman–Crippen MR) is 52.1 cm³/mol. The van der Waals surface area contributed by atoms with Gasteiger partial charge in [0.25, 0.3) is 0 Å². The molecule has 0 spiro atoms. The van der Waals surface area contributed by atoms with Gasteiger partial charge in [-0.1, -0.05) is 18.5 Å². The van der Waals surface area contributed by atoms with E-state index in [1.807, 2.05) is 6.92 Å². The zero-order valence-electron chi connectivity index (χ0n) is 8.08. The molecule has 1 aromatic rings. The number of methoxy groups -OCH3 is 1. The van der Waals surface area contributed by atoms with Crippen molar-refractivity contribution < 1.29 is 9.53 Å². The van der Waals surface area contributed by atoms with E-state index in [1.54, 1.807) is 6.07 Å². The van der Waals surface area contributed by atoms with Crippen LogP contribution in [0, 0.1) is 0 Å². The Balaban J connectivity index is 2.86. The number of nitrogens with zero attached hydrogens (tertiary/aromatic N) is 2. The Kier molecular flexibility index (Phi) is 3.83. The molecule has 0 aromatic carbocycles. The Hall–Kier alpha value is -1.16. The number of aryl methyl sites for hydroxylation is 1. The number of aromatic nitrogens is 2. The number of hydrogen-bond donors (Lipinski definition) is 0. The summed E-state index contributed by atoms with van der Waals surface area (Å²) in [4.78, 5) is 19.1. The summed E-state index contributed by atoms with van der Waals surface area (Å²) in [5.74, 6) is 0.304. The van der Waals surface area contributed by atoms with Gasteiger partial charge in [-0.3, -0.25) is 4.79 Å². The van der Waals surface area contributed by atoms with Gasteiger partial charge in [0.15, 0.2) is 0 Å². The van der Waals surface area contributed by atoms with Crippen molar-refractivity contribution >= 4 is 17.6 Å². The smallest absolute Gasteiger partial charge is 0.311 e. The molecule has 0 N–H and O–H groups in total. The highest BCUT2D eigenvalue weighted by Crippen LogP contribution is 2.08. The molecule has 0 atom stereocenters. The zero-order chi connectivity index (χ0) is 10.6. The normalized spacial score (nSPS) is 9.93. The van der Waals surface area contributed by atoms with Gasteiger partial charge < -0.3 is 4.74 Å². The third-order valence-corrected chi connectivity index (χ3v) is 1.86. The van der Waals surface area contributed by atoms with Crippen LogP contribution in [-0.4, -0.2) is 23.0 Å². The quantitative estimate of drug-likeness (QED) is 0.564. The molecule has 5 heteroatoms. The largest absolute Gasteiger partial charge is 0.469 e. The molecule has 0 unspecified atom stereocenters. The van der Waals surface area contributed by atoms with Crippen LogP contribution in [0.1, 0.15) is 18.4 Å². The lowest BCUT2D eigenvalue weighted by Crippen LogP contribution is -2.08. The second-order valence-electron chi connectivity index (χ2n) is 2.70. The van der Waals surface area contributed by atoms with Gasteiger partial charge in [-0.2, -0.15) is 0 Å². The van der Waals surface area contributed by atoms with Crippen LogP contribution in [0.15, 0.2) is 6.07 Å². The topological polar surface area (TPSA) is 52.1 Å². The third kappa shape index (κ3) is 2.96. The average molecular weight is 215 g/mol. The molecule has 0 saturated heterocycles. The second kappa shape index (κ2) is 4.91. The molecule has 0 bridgehead atoms. The zero-order valence-corrected chi connectivity index (χ0v) is 8.84. The van der Waals surface area contributed by atoms with Gasteiger partial charge in [0.1, 0.15) is 11.0 Å². The van der Waals surface area contributed by atoms with Crippen molar-refractivity contribution in [3.8, 4) is 0 Å². The minimum atomic E-state index is -0.332. The molecule has 76 valence electrons. The van der Waals surface area contributed by atoms with E-state index in [-0.39, 0.29) is 12.4 Å². The molecule has 0 aliphatic heterocycles. The number of carbonyl (C=O) groups is 1. The molecular weight excluding hydrogens is 204 g/mol. The van der Waals surface area contributed by atoms with Gasteiger partial charge in [-0.15, -0.1) is 0 Å². The summed E-state index contributed by atoms with van der Waals surface area (Å²) in [5, 5.41) is 0.357. The van der Waals surface area contributed by atoms with Gasteiger partial charge in [0.05, 0.1) is 19.2 Å². The summed E-state index contributed by atoms with van der Waals surface area (Å²) in [6.45, 7) is 1.92. The first-order valence-corrected chi connectivity index (χ1v) is 4.62. The Morgan fingerprint density at radius 1 is 1.57 bits per heavy atom. The van der Waals surface area contributed by atoms with Crippen LogP contribution in [0.5, 0.6) is 0 Å². The maximum Gasteiger partial charge on any atom is 0.311 e. The number of ether oxygens (including phenoxy) is 1. The second-order valence-corrected chi connectivity index (χ2v) is 3.09. The van der Waals surface area contributed by atoms with Crippen molar-refractivity contribution in [2.75, 3.05) is 7.11 Å². The summed E-state index contributed by atoms with van der Waals surface area (Å²) in [5.41, 5.74) is 0.591. The highest BCUT2D eigenvalue weighted by molar-refractivity contribution is 6.29.